The Morgan fingerprint density at radius 2 is 1.33 bits per heavy atom. The lowest BCUT2D eigenvalue weighted by molar-refractivity contribution is -0.780. The highest BCUT2D eigenvalue weighted by Gasteiger charge is 2.67. The quantitative estimate of drug-likeness (QED) is 0.134. The summed E-state index contributed by atoms with van der Waals surface area (Å²) < 4.78 is 3.25. The van der Waals surface area contributed by atoms with Gasteiger partial charge in [-0.2, -0.15) is 0 Å². The number of hydrogen-bond donors (Lipinski definition) is 0. The van der Waals surface area contributed by atoms with Gasteiger partial charge in [-0.1, -0.05) is 72.8 Å². The first-order chi connectivity index (χ1) is 21.8. The van der Waals surface area contributed by atoms with E-state index >= 15 is 0 Å². The van der Waals surface area contributed by atoms with Gasteiger partial charge in [0.2, 0.25) is 17.6 Å². The molecule has 45 heavy (non-hydrogen) atoms. The molecule has 2 nitrogen and oxygen atoms in total. The minimum atomic E-state index is -0.439. The number of benzene rings is 4. The largest absolute Gasteiger partial charge is 0.279 e. The summed E-state index contributed by atoms with van der Waals surface area (Å²) in [5.41, 5.74) is 22.3. The SMILES string of the molecule is C=C1CC[N+]23c4c(cc(C)cc4C4(c5ccccc5-c5ccccc54)c4cc(C)cc(c42)-c2cc(C)cc[n+]23)/C1=C/C(C)=C\C. The van der Waals surface area contributed by atoms with Gasteiger partial charge in [-0.05, 0) is 118 Å². The fourth-order valence-corrected chi connectivity index (χ4v) is 9.16. The summed E-state index contributed by atoms with van der Waals surface area (Å²) in [5.74, 6) is 0. The van der Waals surface area contributed by atoms with Crippen LogP contribution in [0, 0.1) is 20.8 Å². The molecule has 4 aromatic carbocycles. The molecular formula is C43H38N2+2. The Morgan fingerprint density at radius 3 is 1.98 bits per heavy atom. The lowest BCUT2D eigenvalue weighted by Gasteiger charge is -2.43. The van der Waals surface area contributed by atoms with E-state index in [0.29, 0.717) is 4.59 Å². The molecule has 3 aliphatic heterocycles. The number of rotatable bonds is 1. The molecule has 0 radical (unpaired) electrons. The van der Waals surface area contributed by atoms with Crippen LogP contribution in [-0.4, -0.2) is 6.54 Å². The van der Waals surface area contributed by atoms with E-state index in [2.05, 4.69) is 143 Å². The Kier molecular flexibility index (Phi) is 5.26. The van der Waals surface area contributed by atoms with Crippen LogP contribution in [0.5, 0.6) is 0 Å². The van der Waals surface area contributed by atoms with Crippen LogP contribution in [0.3, 0.4) is 0 Å². The standard InChI is InChI=1S/C43H38N2/c1-7-26(2)20-33-30(6)17-19-45-41-34(33)21-28(4)23-38(41)43(36-14-10-8-12-31(36)32-13-9-11-15-37(32)43)39-24-29(5)22-35(42(39)45)40-25-27(3)16-18-44(40)45/h7-16,18,20-25H,6,17,19H2,1-5H3/q+2/b26-7-,33-20+. The first-order valence-electron chi connectivity index (χ1n) is 16.3. The van der Waals surface area contributed by atoms with Crippen LogP contribution in [0.1, 0.15) is 64.8 Å². The maximum atomic E-state index is 4.76. The van der Waals surface area contributed by atoms with Crippen LogP contribution in [0.4, 0.5) is 11.4 Å². The van der Waals surface area contributed by atoms with E-state index < -0.39 is 5.41 Å². The van der Waals surface area contributed by atoms with E-state index in [0.717, 1.165) is 13.0 Å². The molecule has 4 aliphatic rings. The van der Waals surface area contributed by atoms with Crippen molar-refractivity contribution >= 4 is 16.9 Å². The zero-order valence-corrected chi connectivity index (χ0v) is 26.8. The monoisotopic (exact) mass is 582 g/mol. The fourth-order valence-electron chi connectivity index (χ4n) is 9.16. The Morgan fingerprint density at radius 1 is 0.733 bits per heavy atom. The zero-order chi connectivity index (χ0) is 30.8. The van der Waals surface area contributed by atoms with Gasteiger partial charge < -0.3 is 0 Å². The van der Waals surface area contributed by atoms with Crippen molar-refractivity contribution in [1.29, 1.82) is 0 Å². The molecule has 0 bridgehead atoms. The molecule has 1 unspecified atom stereocenters. The predicted octanol–water partition coefficient (Wildman–Crippen LogP) is 9.97. The number of nitrogens with zero attached hydrogens (tertiary/aromatic N) is 2. The number of quaternary nitrogens is 1. The third kappa shape index (κ3) is 3.11. The third-order valence-corrected chi connectivity index (χ3v) is 11.0. The Labute approximate surface area is 266 Å². The second kappa shape index (κ2) is 8.90. The molecule has 218 valence electrons. The van der Waals surface area contributed by atoms with Gasteiger partial charge in [0, 0.05) is 35.2 Å². The molecule has 1 aliphatic carbocycles. The van der Waals surface area contributed by atoms with Gasteiger partial charge >= 0.3 is 0 Å². The first kappa shape index (κ1) is 26.6. The number of aryl methyl sites for hydroxylation is 3. The van der Waals surface area contributed by atoms with Crippen molar-refractivity contribution in [3.05, 3.63) is 166 Å². The maximum Gasteiger partial charge on any atom is 0.279 e. The maximum absolute atomic E-state index is 4.76. The second-order valence-corrected chi connectivity index (χ2v) is 13.6. The summed E-state index contributed by atoms with van der Waals surface area (Å²) in [5, 5.41) is 0. The van der Waals surface area contributed by atoms with E-state index in [1.54, 1.807) is 0 Å². The molecule has 0 fully saturated rings. The molecular weight excluding hydrogens is 544 g/mol. The number of allylic oxidation sites excluding steroid dienone is 4. The summed E-state index contributed by atoms with van der Waals surface area (Å²) in [6, 6.07) is 32.9. The van der Waals surface area contributed by atoms with Crippen LogP contribution < -0.4 is 9.27 Å². The van der Waals surface area contributed by atoms with Crippen molar-refractivity contribution in [1.82, 2.24) is 4.59 Å². The molecule has 0 saturated carbocycles. The molecule has 4 heterocycles. The number of hydrogen-bond acceptors (Lipinski definition) is 0. The summed E-state index contributed by atoms with van der Waals surface area (Å²) >= 11 is 0. The summed E-state index contributed by atoms with van der Waals surface area (Å²) in [4.78, 5) is 0. The minimum Gasteiger partial charge on any atom is -0.0950 e. The summed E-state index contributed by atoms with van der Waals surface area (Å²) in [6.07, 6.45) is 7.84. The lowest BCUT2D eigenvalue weighted by atomic mass is 9.63. The third-order valence-electron chi connectivity index (χ3n) is 11.0. The molecule has 5 aromatic rings. The average molecular weight is 583 g/mol. The zero-order valence-electron chi connectivity index (χ0n) is 26.8. The highest BCUT2D eigenvalue weighted by molar-refractivity contribution is 6.00. The molecule has 9 rings (SSSR count). The molecule has 2 heteroatoms. The van der Waals surface area contributed by atoms with E-state index in [1.165, 1.54) is 95.0 Å². The average Bonchev–Trinajstić information content (AvgIpc) is 3.44. The molecule has 0 amide bonds. The smallest absolute Gasteiger partial charge is 0.0950 e. The summed E-state index contributed by atoms with van der Waals surface area (Å²) in [7, 11) is 0. The predicted molar refractivity (Wildman–Crippen MR) is 186 cm³/mol. The van der Waals surface area contributed by atoms with Crippen LogP contribution in [-0.2, 0) is 5.41 Å². The van der Waals surface area contributed by atoms with Gasteiger partial charge in [-0.3, -0.25) is 0 Å². The highest BCUT2D eigenvalue weighted by atomic mass is 15.7. The van der Waals surface area contributed by atoms with Gasteiger partial charge in [-0.15, -0.1) is 0 Å². The number of pyridine rings is 1. The van der Waals surface area contributed by atoms with Crippen molar-refractivity contribution < 1.29 is 4.68 Å². The van der Waals surface area contributed by atoms with E-state index in [1.807, 2.05) is 0 Å². The van der Waals surface area contributed by atoms with Gasteiger partial charge in [0.1, 0.15) is 12.1 Å². The Hall–Kier alpha value is -4.79. The summed E-state index contributed by atoms with van der Waals surface area (Å²) in [6.45, 7) is 16.8. The Bertz CT molecular complexity index is 2200. The van der Waals surface area contributed by atoms with Gasteiger partial charge in [0.15, 0.2) is 0 Å². The molecule has 1 aromatic heterocycles. The van der Waals surface area contributed by atoms with E-state index in [4.69, 9.17) is 6.58 Å². The lowest BCUT2D eigenvalue weighted by Crippen LogP contribution is -2.69. The first-order valence-corrected chi connectivity index (χ1v) is 16.3. The van der Waals surface area contributed by atoms with Crippen LogP contribution >= 0.6 is 0 Å². The molecule has 0 N–H and O–H groups in total. The number of aromatic nitrogens is 1. The van der Waals surface area contributed by atoms with E-state index in [9.17, 15) is 0 Å². The van der Waals surface area contributed by atoms with Gasteiger partial charge in [0.05, 0.1) is 5.41 Å². The van der Waals surface area contributed by atoms with Crippen LogP contribution in [0.15, 0.2) is 121 Å². The highest BCUT2D eigenvalue weighted by Crippen LogP contribution is 2.68. The molecule has 0 saturated heterocycles. The van der Waals surface area contributed by atoms with Gasteiger partial charge in [0.25, 0.3) is 5.69 Å². The van der Waals surface area contributed by atoms with Crippen LogP contribution in [0.2, 0.25) is 0 Å². The minimum absolute atomic E-state index is 0.439. The molecule has 2 spiro atoms. The molecule has 1 atom stereocenters. The van der Waals surface area contributed by atoms with Crippen molar-refractivity contribution in [2.75, 3.05) is 6.54 Å². The normalized spacial score (nSPS) is 20.4. The number of fused-ring (bicyclic) bond motifs is 9. The van der Waals surface area contributed by atoms with Crippen molar-refractivity contribution in [2.45, 2.75) is 46.5 Å². The topological polar surface area (TPSA) is 3.88 Å². The Balaban J connectivity index is 1.58. The van der Waals surface area contributed by atoms with E-state index in [-0.39, 0.29) is 0 Å². The van der Waals surface area contributed by atoms with Gasteiger partial charge in [-0.25, -0.2) is 0 Å². The van der Waals surface area contributed by atoms with Crippen molar-refractivity contribution in [3.63, 3.8) is 0 Å². The van der Waals surface area contributed by atoms with Crippen molar-refractivity contribution in [2.24, 2.45) is 0 Å². The van der Waals surface area contributed by atoms with Crippen LogP contribution in [0.25, 0.3) is 28.0 Å². The van der Waals surface area contributed by atoms with Crippen molar-refractivity contribution in [3.8, 4) is 22.4 Å². The fraction of sp³-hybridized carbons (Fsp3) is 0.186. The second-order valence-electron chi connectivity index (χ2n) is 13.6.